The first-order chi connectivity index (χ1) is 7.74. The van der Waals surface area contributed by atoms with E-state index in [4.69, 9.17) is 0 Å². The first kappa shape index (κ1) is 13.2. The molecule has 1 rings (SSSR count). The van der Waals surface area contributed by atoms with E-state index in [-0.39, 0.29) is 5.91 Å². The SMILES string of the molecule is O=C(NCC(O)CCCBr)c1ccccc1. The minimum absolute atomic E-state index is 0.140. The number of halogens is 1. The Kier molecular flexibility index (Phi) is 6.11. The monoisotopic (exact) mass is 285 g/mol. The minimum Gasteiger partial charge on any atom is -0.391 e. The average Bonchev–Trinajstić information content (AvgIpc) is 2.34. The molecule has 4 heteroatoms. The standard InChI is InChI=1S/C12H16BrNO2/c13-8-4-7-11(15)9-14-12(16)10-5-2-1-3-6-10/h1-3,5-6,11,15H,4,7-9H2,(H,14,16). The summed E-state index contributed by atoms with van der Waals surface area (Å²) >= 11 is 3.30. The number of hydrogen-bond acceptors (Lipinski definition) is 2. The normalized spacial score (nSPS) is 12.1. The zero-order valence-electron chi connectivity index (χ0n) is 9.03. The van der Waals surface area contributed by atoms with E-state index in [0.29, 0.717) is 18.5 Å². The van der Waals surface area contributed by atoms with E-state index in [1.807, 2.05) is 18.2 Å². The van der Waals surface area contributed by atoms with Crippen LogP contribution in [0.3, 0.4) is 0 Å². The van der Waals surface area contributed by atoms with Crippen LogP contribution in [0.15, 0.2) is 30.3 Å². The topological polar surface area (TPSA) is 49.3 Å². The molecule has 3 nitrogen and oxygen atoms in total. The molecule has 0 radical (unpaired) electrons. The van der Waals surface area contributed by atoms with Crippen LogP contribution < -0.4 is 5.32 Å². The van der Waals surface area contributed by atoms with E-state index in [2.05, 4.69) is 21.2 Å². The molecule has 0 aliphatic rings. The Morgan fingerprint density at radius 1 is 1.38 bits per heavy atom. The van der Waals surface area contributed by atoms with Gasteiger partial charge in [-0.15, -0.1) is 0 Å². The van der Waals surface area contributed by atoms with Crippen molar-refractivity contribution in [2.75, 3.05) is 11.9 Å². The molecule has 0 aliphatic carbocycles. The van der Waals surface area contributed by atoms with Gasteiger partial charge in [-0.25, -0.2) is 0 Å². The summed E-state index contributed by atoms with van der Waals surface area (Å²) in [7, 11) is 0. The van der Waals surface area contributed by atoms with Gasteiger partial charge in [0.15, 0.2) is 0 Å². The highest BCUT2D eigenvalue weighted by atomic mass is 79.9. The van der Waals surface area contributed by atoms with Crippen LogP contribution in [-0.2, 0) is 0 Å². The minimum atomic E-state index is -0.467. The first-order valence-electron chi connectivity index (χ1n) is 5.31. The van der Waals surface area contributed by atoms with Gasteiger partial charge in [-0.3, -0.25) is 4.79 Å². The third-order valence-corrected chi connectivity index (χ3v) is 2.77. The second-order valence-corrected chi connectivity index (χ2v) is 4.35. The van der Waals surface area contributed by atoms with Gasteiger partial charge in [0, 0.05) is 17.4 Å². The number of aliphatic hydroxyl groups is 1. The molecule has 1 unspecified atom stereocenters. The zero-order valence-corrected chi connectivity index (χ0v) is 10.6. The molecule has 88 valence electrons. The molecule has 0 aromatic heterocycles. The van der Waals surface area contributed by atoms with Gasteiger partial charge in [0.05, 0.1) is 6.10 Å². The lowest BCUT2D eigenvalue weighted by atomic mass is 10.2. The maximum atomic E-state index is 11.6. The number of alkyl halides is 1. The van der Waals surface area contributed by atoms with Gasteiger partial charge in [-0.2, -0.15) is 0 Å². The molecule has 0 heterocycles. The van der Waals surface area contributed by atoms with Crippen LogP contribution in [0.4, 0.5) is 0 Å². The zero-order chi connectivity index (χ0) is 11.8. The molecule has 0 saturated heterocycles. The van der Waals surface area contributed by atoms with Crippen LogP contribution in [0.25, 0.3) is 0 Å². The van der Waals surface area contributed by atoms with Crippen molar-refractivity contribution >= 4 is 21.8 Å². The largest absolute Gasteiger partial charge is 0.391 e. The van der Waals surface area contributed by atoms with Crippen LogP contribution in [0.2, 0.25) is 0 Å². The summed E-state index contributed by atoms with van der Waals surface area (Å²) in [5.41, 5.74) is 0.621. The van der Waals surface area contributed by atoms with Gasteiger partial charge in [0.25, 0.3) is 5.91 Å². The molecule has 2 N–H and O–H groups in total. The Morgan fingerprint density at radius 2 is 2.06 bits per heavy atom. The number of rotatable bonds is 6. The Hall–Kier alpha value is -0.870. The quantitative estimate of drug-likeness (QED) is 0.785. The molecular weight excluding hydrogens is 270 g/mol. The van der Waals surface area contributed by atoms with Gasteiger partial charge in [0.1, 0.15) is 0 Å². The van der Waals surface area contributed by atoms with Crippen molar-refractivity contribution in [3.63, 3.8) is 0 Å². The van der Waals surface area contributed by atoms with Gasteiger partial charge in [-0.1, -0.05) is 34.1 Å². The molecular formula is C12H16BrNO2. The van der Waals surface area contributed by atoms with E-state index < -0.39 is 6.10 Å². The highest BCUT2D eigenvalue weighted by Gasteiger charge is 2.07. The number of nitrogens with one attached hydrogen (secondary N) is 1. The third-order valence-electron chi connectivity index (χ3n) is 2.21. The summed E-state index contributed by atoms with van der Waals surface area (Å²) in [6, 6.07) is 8.99. The highest BCUT2D eigenvalue weighted by molar-refractivity contribution is 9.09. The summed E-state index contributed by atoms with van der Waals surface area (Å²) in [6.45, 7) is 0.306. The van der Waals surface area contributed by atoms with Gasteiger partial charge in [-0.05, 0) is 25.0 Å². The predicted molar refractivity (Wildman–Crippen MR) is 67.8 cm³/mol. The Labute approximate surface area is 104 Å². The third kappa shape index (κ3) is 4.77. The summed E-state index contributed by atoms with van der Waals surface area (Å²) < 4.78 is 0. The Bertz CT molecular complexity index is 316. The molecule has 1 aromatic carbocycles. The number of amides is 1. The van der Waals surface area contributed by atoms with E-state index in [9.17, 15) is 9.90 Å². The van der Waals surface area contributed by atoms with Crippen LogP contribution in [0.5, 0.6) is 0 Å². The maximum absolute atomic E-state index is 11.6. The average molecular weight is 286 g/mol. The van der Waals surface area contributed by atoms with Gasteiger partial charge < -0.3 is 10.4 Å². The Morgan fingerprint density at radius 3 is 2.69 bits per heavy atom. The fourth-order valence-corrected chi connectivity index (χ4v) is 1.64. The summed E-state index contributed by atoms with van der Waals surface area (Å²) in [4.78, 5) is 11.6. The van der Waals surface area contributed by atoms with Crippen LogP contribution in [-0.4, -0.2) is 29.0 Å². The van der Waals surface area contributed by atoms with Crippen molar-refractivity contribution in [2.24, 2.45) is 0 Å². The number of aliphatic hydroxyl groups excluding tert-OH is 1. The van der Waals surface area contributed by atoms with Crippen molar-refractivity contribution in [1.82, 2.24) is 5.32 Å². The first-order valence-corrected chi connectivity index (χ1v) is 6.43. The Balaban J connectivity index is 2.30. The van der Waals surface area contributed by atoms with Crippen LogP contribution in [0.1, 0.15) is 23.2 Å². The molecule has 0 fully saturated rings. The molecule has 0 bridgehead atoms. The second-order valence-electron chi connectivity index (χ2n) is 3.56. The van der Waals surface area contributed by atoms with Crippen LogP contribution in [0, 0.1) is 0 Å². The van der Waals surface area contributed by atoms with Crippen molar-refractivity contribution in [2.45, 2.75) is 18.9 Å². The van der Waals surface area contributed by atoms with E-state index in [1.54, 1.807) is 12.1 Å². The van der Waals surface area contributed by atoms with Gasteiger partial charge in [0.2, 0.25) is 0 Å². The number of carbonyl (C=O) groups excluding carboxylic acids is 1. The summed E-state index contributed by atoms with van der Waals surface area (Å²) in [6.07, 6.45) is 1.13. The smallest absolute Gasteiger partial charge is 0.251 e. The van der Waals surface area contributed by atoms with Crippen molar-refractivity contribution in [3.8, 4) is 0 Å². The molecule has 16 heavy (non-hydrogen) atoms. The molecule has 0 aliphatic heterocycles. The van der Waals surface area contributed by atoms with E-state index >= 15 is 0 Å². The van der Waals surface area contributed by atoms with E-state index in [0.717, 1.165) is 11.8 Å². The molecule has 1 atom stereocenters. The van der Waals surface area contributed by atoms with Gasteiger partial charge >= 0.3 is 0 Å². The lowest BCUT2D eigenvalue weighted by Crippen LogP contribution is -2.32. The van der Waals surface area contributed by atoms with E-state index in [1.165, 1.54) is 0 Å². The second kappa shape index (κ2) is 7.41. The molecule has 1 amide bonds. The van der Waals surface area contributed by atoms with Crippen molar-refractivity contribution < 1.29 is 9.90 Å². The lowest BCUT2D eigenvalue weighted by Gasteiger charge is -2.10. The maximum Gasteiger partial charge on any atom is 0.251 e. The van der Waals surface area contributed by atoms with Crippen molar-refractivity contribution in [1.29, 1.82) is 0 Å². The number of carbonyl (C=O) groups is 1. The highest BCUT2D eigenvalue weighted by Crippen LogP contribution is 2.01. The fourth-order valence-electron chi connectivity index (χ4n) is 1.32. The predicted octanol–water partition coefficient (Wildman–Crippen LogP) is 1.95. The summed E-state index contributed by atoms with van der Waals surface area (Å²) in [5.74, 6) is -0.140. The molecule has 0 saturated carbocycles. The summed E-state index contributed by atoms with van der Waals surface area (Å²) in [5, 5.41) is 13.1. The fraction of sp³-hybridized carbons (Fsp3) is 0.417. The van der Waals surface area contributed by atoms with Crippen LogP contribution >= 0.6 is 15.9 Å². The van der Waals surface area contributed by atoms with Crippen molar-refractivity contribution in [3.05, 3.63) is 35.9 Å². The molecule has 1 aromatic rings. The number of benzene rings is 1. The molecule has 0 spiro atoms. The lowest BCUT2D eigenvalue weighted by molar-refractivity contribution is 0.0910. The number of hydrogen-bond donors (Lipinski definition) is 2.